The number of hydrogen-bond acceptors (Lipinski definition) is 3. The van der Waals surface area contributed by atoms with Crippen LogP contribution in [0.4, 0.5) is 0 Å². The summed E-state index contributed by atoms with van der Waals surface area (Å²) >= 11 is 0. The average Bonchev–Trinajstić information content (AvgIpc) is 2.99. The van der Waals surface area contributed by atoms with Gasteiger partial charge in [0.15, 0.2) is 11.8 Å². The van der Waals surface area contributed by atoms with Gasteiger partial charge in [-0.3, -0.25) is 0 Å². The standard InChI is InChI=1S/C21H38N6.HI/c1-16-8-7-9-18(14-16)12-13-22-21(24-19-10-5-4-6-11-19)23-15-20-26-25-17(2)27(20)3;/h16,18-19H,4-15H2,1-3H3,(H2,22,23,24);1H. The molecule has 1 aromatic rings. The van der Waals surface area contributed by atoms with E-state index in [9.17, 15) is 0 Å². The first-order valence-corrected chi connectivity index (χ1v) is 11.0. The van der Waals surface area contributed by atoms with Crippen LogP contribution in [0.3, 0.4) is 0 Å². The Morgan fingerprint density at radius 1 is 1.11 bits per heavy atom. The number of nitrogens with one attached hydrogen (secondary N) is 2. The summed E-state index contributed by atoms with van der Waals surface area (Å²) in [5, 5.41) is 15.7. The molecule has 2 aliphatic carbocycles. The fourth-order valence-corrected chi connectivity index (χ4v) is 4.55. The highest BCUT2D eigenvalue weighted by atomic mass is 127. The molecule has 0 aliphatic heterocycles. The van der Waals surface area contributed by atoms with E-state index in [0.717, 1.165) is 36.0 Å². The minimum atomic E-state index is 0. The number of aliphatic imine (C=N–C) groups is 1. The number of aryl methyl sites for hydroxylation is 1. The molecule has 0 spiro atoms. The molecule has 3 rings (SSSR count). The van der Waals surface area contributed by atoms with Gasteiger partial charge in [0, 0.05) is 19.6 Å². The van der Waals surface area contributed by atoms with Gasteiger partial charge in [-0.15, -0.1) is 34.2 Å². The molecule has 0 bridgehead atoms. The van der Waals surface area contributed by atoms with Gasteiger partial charge >= 0.3 is 0 Å². The van der Waals surface area contributed by atoms with Crippen LogP contribution < -0.4 is 10.6 Å². The average molecular weight is 502 g/mol. The Bertz CT molecular complexity index is 608. The second-order valence-electron chi connectivity index (χ2n) is 8.72. The van der Waals surface area contributed by atoms with Crippen molar-refractivity contribution in [2.24, 2.45) is 23.9 Å². The predicted molar refractivity (Wildman–Crippen MR) is 126 cm³/mol. The Morgan fingerprint density at radius 2 is 1.89 bits per heavy atom. The molecule has 2 atom stereocenters. The molecular formula is C21H39IN6. The molecule has 0 amide bonds. The van der Waals surface area contributed by atoms with E-state index < -0.39 is 0 Å². The van der Waals surface area contributed by atoms with Crippen LogP contribution in [-0.4, -0.2) is 33.3 Å². The van der Waals surface area contributed by atoms with Gasteiger partial charge in [0.1, 0.15) is 12.4 Å². The zero-order valence-corrected chi connectivity index (χ0v) is 20.2. The van der Waals surface area contributed by atoms with Crippen molar-refractivity contribution in [3.63, 3.8) is 0 Å². The van der Waals surface area contributed by atoms with E-state index in [1.165, 1.54) is 64.2 Å². The summed E-state index contributed by atoms with van der Waals surface area (Å²) in [6.07, 6.45) is 13.4. The fraction of sp³-hybridized carbons (Fsp3) is 0.857. The highest BCUT2D eigenvalue weighted by Gasteiger charge is 2.19. The number of aromatic nitrogens is 3. The van der Waals surface area contributed by atoms with Gasteiger partial charge in [-0.25, -0.2) is 4.99 Å². The highest BCUT2D eigenvalue weighted by molar-refractivity contribution is 14.0. The van der Waals surface area contributed by atoms with Gasteiger partial charge in [0.2, 0.25) is 0 Å². The molecule has 7 heteroatoms. The summed E-state index contributed by atoms with van der Waals surface area (Å²) < 4.78 is 2.02. The first-order valence-electron chi connectivity index (χ1n) is 11.0. The van der Waals surface area contributed by atoms with Crippen molar-refractivity contribution >= 4 is 29.9 Å². The molecule has 1 aromatic heterocycles. The predicted octanol–water partition coefficient (Wildman–Crippen LogP) is 4.33. The monoisotopic (exact) mass is 502 g/mol. The van der Waals surface area contributed by atoms with Crippen LogP contribution in [0.25, 0.3) is 0 Å². The Labute approximate surface area is 187 Å². The molecule has 2 N–H and O–H groups in total. The second-order valence-corrected chi connectivity index (χ2v) is 8.72. The third kappa shape index (κ3) is 7.19. The van der Waals surface area contributed by atoms with Crippen LogP contribution in [0, 0.1) is 18.8 Å². The minimum absolute atomic E-state index is 0. The fourth-order valence-electron chi connectivity index (χ4n) is 4.55. The van der Waals surface area contributed by atoms with Crippen LogP contribution in [0.1, 0.15) is 82.8 Å². The smallest absolute Gasteiger partial charge is 0.191 e. The van der Waals surface area contributed by atoms with Gasteiger partial charge in [-0.05, 0) is 44.4 Å². The molecule has 2 aliphatic rings. The van der Waals surface area contributed by atoms with Gasteiger partial charge < -0.3 is 15.2 Å². The molecular weight excluding hydrogens is 463 g/mol. The van der Waals surface area contributed by atoms with Crippen molar-refractivity contribution in [1.29, 1.82) is 0 Å². The summed E-state index contributed by atoms with van der Waals surface area (Å²) in [7, 11) is 2.01. The Kier molecular flexibility index (Phi) is 10.0. The molecule has 2 saturated carbocycles. The molecule has 0 radical (unpaired) electrons. The lowest BCUT2D eigenvalue weighted by Gasteiger charge is -2.28. The maximum Gasteiger partial charge on any atom is 0.191 e. The molecule has 28 heavy (non-hydrogen) atoms. The van der Waals surface area contributed by atoms with E-state index in [1.54, 1.807) is 0 Å². The van der Waals surface area contributed by atoms with Crippen molar-refractivity contribution in [2.75, 3.05) is 6.54 Å². The summed E-state index contributed by atoms with van der Waals surface area (Å²) in [4.78, 5) is 4.83. The third-order valence-corrected chi connectivity index (χ3v) is 6.40. The summed E-state index contributed by atoms with van der Waals surface area (Å²) in [6, 6.07) is 0.556. The molecule has 2 fully saturated rings. The van der Waals surface area contributed by atoms with Gasteiger partial charge in [-0.2, -0.15) is 0 Å². The molecule has 6 nitrogen and oxygen atoms in total. The summed E-state index contributed by atoms with van der Waals surface area (Å²) in [5.74, 6) is 4.57. The largest absolute Gasteiger partial charge is 0.356 e. The van der Waals surface area contributed by atoms with Crippen molar-refractivity contribution in [3.05, 3.63) is 11.6 Å². The van der Waals surface area contributed by atoms with E-state index in [4.69, 9.17) is 4.99 Å². The number of nitrogens with zero attached hydrogens (tertiary/aromatic N) is 4. The Morgan fingerprint density at radius 3 is 2.57 bits per heavy atom. The lowest BCUT2D eigenvalue weighted by molar-refractivity contribution is 0.270. The molecule has 0 aromatic carbocycles. The summed E-state index contributed by atoms with van der Waals surface area (Å²) in [5.41, 5.74) is 0. The van der Waals surface area contributed by atoms with E-state index >= 15 is 0 Å². The number of hydrogen-bond donors (Lipinski definition) is 2. The van der Waals surface area contributed by atoms with Crippen molar-refractivity contribution < 1.29 is 0 Å². The van der Waals surface area contributed by atoms with Crippen molar-refractivity contribution in [3.8, 4) is 0 Å². The van der Waals surface area contributed by atoms with Crippen LogP contribution in [0.2, 0.25) is 0 Å². The van der Waals surface area contributed by atoms with Crippen LogP contribution in [0.15, 0.2) is 4.99 Å². The lowest BCUT2D eigenvalue weighted by atomic mass is 9.81. The minimum Gasteiger partial charge on any atom is -0.356 e. The normalized spacial score (nSPS) is 23.9. The molecule has 2 unspecified atom stereocenters. The highest BCUT2D eigenvalue weighted by Crippen LogP contribution is 2.30. The van der Waals surface area contributed by atoms with Gasteiger partial charge in [0.05, 0.1) is 0 Å². The number of rotatable bonds is 6. The first-order chi connectivity index (χ1) is 13.1. The van der Waals surface area contributed by atoms with Crippen molar-refractivity contribution in [2.45, 2.75) is 90.6 Å². The first kappa shape index (κ1) is 23.4. The van der Waals surface area contributed by atoms with Crippen LogP contribution in [0.5, 0.6) is 0 Å². The Balaban J connectivity index is 0.00000280. The SMILES string of the molecule is Cc1nnc(CN=C(NCCC2CCCC(C)C2)NC2CCCCC2)n1C.I. The Hall–Kier alpha value is -0.860. The second kappa shape index (κ2) is 12.0. The number of guanidine groups is 1. The molecule has 160 valence electrons. The van der Waals surface area contributed by atoms with Crippen LogP contribution in [-0.2, 0) is 13.6 Å². The molecule has 1 heterocycles. The molecule has 0 saturated heterocycles. The zero-order valence-electron chi connectivity index (χ0n) is 17.9. The van der Waals surface area contributed by atoms with E-state index in [-0.39, 0.29) is 24.0 Å². The maximum absolute atomic E-state index is 4.83. The maximum atomic E-state index is 4.83. The summed E-state index contributed by atoms with van der Waals surface area (Å²) in [6.45, 7) is 5.96. The third-order valence-electron chi connectivity index (χ3n) is 6.40. The number of halogens is 1. The quantitative estimate of drug-likeness (QED) is 0.345. The van der Waals surface area contributed by atoms with E-state index in [0.29, 0.717) is 12.6 Å². The topological polar surface area (TPSA) is 67.1 Å². The van der Waals surface area contributed by atoms with Crippen molar-refractivity contribution in [1.82, 2.24) is 25.4 Å². The van der Waals surface area contributed by atoms with Gasteiger partial charge in [-0.1, -0.05) is 45.4 Å². The lowest BCUT2D eigenvalue weighted by Crippen LogP contribution is -2.44. The zero-order chi connectivity index (χ0) is 19.1. The van der Waals surface area contributed by atoms with Crippen LogP contribution >= 0.6 is 24.0 Å². The van der Waals surface area contributed by atoms with E-state index in [2.05, 4.69) is 27.8 Å². The van der Waals surface area contributed by atoms with E-state index in [1.807, 2.05) is 18.5 Å². The van der Waals surface area contributed by atoms with Gasteiger partial charge in [0.25, 0.3) is 0 Å².